The predicted molar refractivity (Wildman–Crippen MR) is 72.0 cm³/mol. The molecule has 0 spiro atoms. The zero-order valence-corrected chi connectivity index (χ0v) is 11.7. The fourth-order valence-corrected chi connectivity index (χ4v) is 2.32. The van der Waals surface area contributed by atoms with Crippen LogP contribution in [-0.2, 0) is 9.84 Å². The molecule has 6 heteroatoms. The lowest BCUT2D eigenvalue weighted by atomic mass is 10.1. The van der Waals surface area contributed by atoms with Crippen molar-refractivity contribution in [3.05, 3.63) is 29.6 Å². The van der Waals surface area contributed by atoms with Crippen LogP contribution in [0, 0.1) is 5.82 Å². The van der Waals surface area contributed by atoms with Gasteiger partial charge in [-0.2, -0.15) is 0 Å². The summed E-state index contributed by atoms with van der Waals surface area (Å²) in [6, 6.07) is 4.39. The van der Waals surface area contributed by atoms with Gasteiger partial charge >= 0.3 is 0 Å². The van der Waals surface area contributed by atoms with Gasteiger partial charge in [0.15, 0.2) is 0 Å². The minimum atomic E-state index is -3.07. The lowest BCUT2D eigenvalue weighted by Gasteiger charge is -2.24. The molecule has 0 unspecified atom stereocenters. The van der Waals surface area contributed by atoms with Crippen LogP contribution in [0.25, 0.3) is 0 Å². The van der Waals surface area contributed by atoms with E-state index < -0.39 is 9.84 Å². The van der Waals surface area contributed by atoms with E-state index in [1.807, 2.05) is 0 Å². The Morgan fingerprint density at radius 2 is 2.06 bits per heavy atom. The molecule has 102 valence electrons. The SMILES string of the molecule is C[C@H](N)c1cccc(F)c1N(C)CCS(C)(=O)=O. The van der Waals surface area contributed by atoms with Gasteiger partial charge in [0.2, 0.25) is 0 Å². The summed E-state index contributed by atoms with van der Waals surface area (Å²) in [5, 5.41) is 0. The van der Waals surface area contributed by atoms with Crippen LogP contribution >= 0.6 is 0 Å². The first-order valence-corrected chi connectivity index (χ1v) is 7.71. The van der Waals surface area contributed by atoms with Gasteiger partial charge in [-0.05, 0) is 18.6 Å². The molecule has 0 heterocycles. The van der Waals surface area contributed by atoms with Crippen LogP contribution in [0.5, 0.6) is 0 Å². The average molecular weight is 274 g/mol. The summed E-state index contributed by atoms with van der Waals surface area (Å²) >= 11 is 0. The highest BCUT2D eigenvalue weighted by Crippen LogP contribution is 2.27. The first kappa shape index (κ1) is 14.9. The number of anilines is 1. The second kappa shape index (κ2) is 5.67. The van der Waals surface area contributed by atoms with E-state index in [9.17, 15) is 12.8 Å². The maximum absolute atomic E-state index is 13.8. The second-order valence-corrected chi connectivity index (χ2v) is 6.78. The minimum Gasteiger partial charge on any atom is -0.371 e. The lowest BCUT2D eigenvalue weighted by Crippen LogP contribution is -2.27. The van der Waals surface area contributed by atoms with Crippen LogP contribution in [0.15, 0.2) is 18.2 Å². The van der Waals surface area contributed by atoms with Crippen molar-refractivity contribution in [3.63, 3.8) is 0 Å². The third-order valence-electron chi connectivity index (χ3n) is 2.69. The zero-order valence-electron chi connectivity index (χ0n) is 10.9. The Hall–Kier alpha value is -1.14. The van der Waals surface area contributed by atoms with E-state index in [4.69, 9.17) is 5.73 Å². The molecule has 0 fully saturated rings. The minimum absolute atomic E-state index is 0.0176. The van der Waals surface area contributed by atoms with Gasteiger partial charge in [0.25, 0.3) is 0 Å². The van der Waals surface area contributed by atoms with Crippen LogP contribution in [0.1, 0.15) is 18.5 Å². The van der Waals surface area contributed by atoms with Crippen molar-refractivity contribution in [2.45, 2.75) is 13.0 Å². The fourth-order valence-electron chi connectivity index (χ4n) is 1.72. The molecule has 4 nitrogen and oxygen atoms in total. The van der Waals surface area contributed by atoms with E-state index in [2.05, 4.69) is 0 Å². The van der Waals surface area contributed by atoms with Gasteiger partial charge in [0.05, 0.1) is 11.4 Å². The molecular formula is C12H19FN2O2S. The van der Waals surface area contributed by atoms with Crippen molar-refractivity contribution in [1.29, 1.82) is 0 Å². The molecule has 0 saturated carbocycles. The molecule has 0 aliphatic carbocycles. The summed E-state index contributed by atoms with van der Waals surface area (Å²) in [5.41, 5.74) is 6.84. The molecule has 1 aromatic rings. The number of halogens is 1. The van der Waals surface area contributed by atoms with Crippen LogP contribution < -0.4 is 10.6 Å². The topological polar surface area (TPSA) is 63.4 Å². The smallest absolute Gasteiger partial charge is 0.149 e. The van der Waals surface area contributed by atoms with Gasteiger partial charge in [0, 0.05) is 25.9 Å². The Balaban J connectivity index is 3.01. The molecule has 18 heavy (non-hydrogen) atoms. The molecule has 0 bridgehead atoms. The Labute approximate surface area is 108 Å². The summed E-state index contributed by atoms with van der Waals surface area (Å²) < 4.78 is 36.1. The number of sulfone groups is 1. The molecule has 0 saturated heterocycles. The van der Waals surface area contributed by atoms with E-state index in [1.54, 1.807) is 31.0 Å². The van der Waals surface area contributed by atoms with Crippen molar-refractivity contribution in [2.75, 3.05) is 30.5 Å². The summed E-state index contributed by atoms with van der Waals surface area (Å²) in [7, 11) is -1.41. The predicted octanol–water partition coefficient (Wildman–Crippen LogP) is 1.33. The molecule has 0 aromatic heterocycles. The molecule has 0 amide bonds. The number of nitrogens with two attached hydrogens (primary N) is 1. The quantitative estimate of drug-likeness (QED) is 0.879. The summed E-state index contributed by atoms with van der Waals surface area (Å²) in [6.07, 6.45) is 1.16. The van der Waals surface area contributed by atoms with Crippen molar-refractivity contribution in [1.82, 2.24) is 0 Å². The van der Waals surface area contributed by atoms with E-state index in [1.165, 1.54) is 6.07 Å². The van der Waals surface area contributed by atoms with Crippen LogP contribution in [0.3, 0.4) is 0 Å². The van der Waals surface area contributed by atoms with E-state index in [-0.39, 0.29) is 24.2 Å². The largest absolute Gasteiger partial charge is 0.371 e. The lowest BCUT2D eigenvalue weighted by molar-refractivity contribution is 0.598. The van der Waals surface area contributed by atoms with Crippen LogP contribution in [-0.4, -0.2) is 34.0 Å². The van der Waals surface area contributed by atoms with Gasteiger partial charge < -0.3 is 10.6 Å². The summed E-state index contributed by atoms with van der Waals surface area (Å²) in [4.78, 5) is 1.59. The summed E-state index contributed by atoms with van der Waals surface area (Å²) in [5.74, 6) is -0.406. The first-order valence-electron chi connectivity index (χ1n) is 5.65. The number of rotatable bonds is 5. The monoisotopic (exact) mass is 274 g/mol. The number of benzene rings is 1. The van der Waals surface area contributed by atoms with Crippen molar-refractivity contribution in [3.8, 4) is 0 Å². The molecule has 1 rings (SSSR count). The molecule has 0 aliphatic rings. The Morgan fingerprint density at radius 1 is 1.44 bits per heavy atom. The average Bonchev–Trinajstić information content (AvgIpc) is 2.24. The van der Waals surface area contributed by atoms with Crippen LogP contribution in [0.2, 0.25) is 0 Å². The molecular weight excluding hydrogens is 255 g/mol. The standard InChI is InChI=1S/C12H19FN2O2S/c1-9(14)10-5-4-6-11(13)12(10)15(2)7-8-18(3,16)17/h4-6,9H,7-8,14H2,1-3H3/t9-/m0/s1. The molecule has 1 aromatic carbocycles. The molecule has 1 atom stereocenters. The van der Waals surface area contributed by atoms with Gasteiger partial charge in [-0.1, -0.05) is 12.1 Å². The highest BCUT2D eigenvalue weighted by Gasteiger charge is 2.16. The second-order valence-electron chi connectivity index (χ2n) is 4.52. The third kappa shape index (κ3) is 3.96. The van der Waals surface area contributed by atoms with Crippen molar-refractivity contribution in [2.24, 2.45) is 5.73 Å². The first-order chi connectivity index (χ1) is 8.22. The van der Waals surface area contributed by atoms with Gasteiger partial charge in [-0.3, -0.25) is 0 Å². The highest BCUT2D eigenvalue weighted by molar-refractivity contribution is 7.90. The highest BCUT2D eigenvalue weighted by atomic mass is 32.2. The van der Waals surface area contributed by atoms with Crippen molar-refractivity contribution < 1.29 is 12.8 Å². The zero-order chi connectivity index (χ0) is 13.9. The maximum Gasteiger partial charge on any atom is 0.149 e. The van der Waals surface area contributed by atoms with Gasteiger partial charge in [0.1, 0.15) is 15.7 Å². The molecule has 2 N–H and O–H groups in total. The Kier molecular flexibility index (Phi) is 4.70. The van der Waals surface area contributed by atoms with Crippen molar-refractivity contribution >= 4 is 15.5 Å². The molecule has 0 radical (unpaired) electrons. The maximum atomic E-state index is 13.8. The Bertz CT molecular complexity index is 515. The van der Waals surface area contributed by atoms with E-state index >= 15 is 0 Å². The van der Waals surface area contributed by atoms with E-state index in [0.29, 0.717) is 11.3 Å². The van der Waals surface area contributed by atoms with Crippen LogP contribution in [0.4, 0.5) is 10.1 Å². The van der Waals surface area contributed by atoms with Gasteiger partial charge in [-0.15, -0.1) is 0 Å². The summed E-state index contributed by atoms with van der Waals surface area (Å²) in [6.45, 7) is 2.00. The number of nitrogens with zero attached hydrogens (tertiary/aromatic N) is 1. The number of hydrogen-bond acceptors (Lipinski definition) is 4. The van der Waals surface area contributed by atoms with E-state index in [0.717, 1.165) is 6.26 Å². The number of hydrogen-bond donors (Lipinski definition) is 1. The molecule has 0 aliphatic heterocycles. The Morgan fingerprint density at radius 3 is 2.56 bits per heavy atom. The fraction of sp³-hybridized carbons (Fsp3) is 0.500. The number of para-hydroxylation sites is 1. The van der Waals surface area contributed by atoms with Gasteiger partial charge in [-0.25, -0.2) is 12.8 Å². The third-order valence-corrected chi connectivity index (χ3v) is 3.61. The normalized spacial score (nSPS) is 13.4.